The van der Waals surface area contributed by atoms with Gasteiger partial charge in [-0.25, -0.2) is 12.8 Å². The van der Waals surface area contributed by atoms with Gasteiger partial charge in [-0.1, -0.05) is 42.3 Å². The topological polar surface area (TPSA) is 75.7 Å². The lowest BCUT2D eigenvalue weighted by atomic mass is 10.1. The molecular weight excluding hydrogens is 479 g/mol. The molecule has 1 aliphatic heterocycles. The fraction of sp³-hybridized carbons (Fsp3) is 0.240. The summed E-state index contributed by atoms with van der Waals surface area (Å²) in [7, 11) is -3.74. The lowest BCUT2D eigenvalue weighted by Crippen LogP contribution is -2.35. The fourth-order valence-corrected chi connectivity index (χ4v) is 5.56. The molecule has 1 saturated heterocycles. The molecule has 1 heterocycles. The lowest BCUT2D eigenvalue weighted by Gasteiger charge is -2.26. The summed E-state index contributed by atoms with van der Waals surface area (Å²) in [6, 6.07) is 17.4. The number of ether oxygens (including phenoxy) is 1. The Balaban J connectivity index is 1.65. The Kier molecular flexibility index (Phi) is 7.50. The molecule has 0 unspecified atom stereocenters. The number of hydrogen-bond donors (Lipinski definition) is 1. The van der Waals surface area contributed by atoms with Crippen LogP contribution in [0.25, 0.3) is 0 Å². The molecule has 0 spiro atoms. The van der Waals surface area contributed by atoms with Crippen LogP contribution in [0.3, 0.4) is 0 Å². The van der Waals surface area contributed by atoms with Gasteiger partial charge in [-0.2, -0.15) is 4.31 Å². The van der Waals surface area contributed by atoms with Crippen LogP contribution >= 0.6 is 11.6 Å². The molecule has 0 aromatic heterocycles. The van der Waals surface area contributed by atoms with E-state index < -0.39 is 21.7 Å². The van der Waals surface area contributed by atoms with Crippen molar-refractivity contribution in [3.05, 3.63) is 83.1 Å². The van der Waals surface area contributed by atoms with Crippen LogP contribution in [0.1, 0.15) is 24.8 Å². The molecule has 1 N–H and O–H groups in total. The Morgan fingerprint density at radius 3 is 2.44 bits per heavy atom. The van der Waals surface area contributed by atoms with Crippen molar-refractivity contribution < 1.29 is 22.3 Å². The van der Waals surface area contributed by atoms with E-state index in [0.717, 1.165) is 19.3 Å². The molecule has 3 aromatic rings. The van der Waals surface area contributed by atoms with E-state index in [2.05, 4.69) is 5.32 Å². The van der Waals surface area contributed by atoms with Gasteiger partial charge in [0.2, 0.25) is 15.9 Å². The maximum absolute atomic E-state index is 14.2. The predicted molar refractivity (Wildman–Crippen MR) is 129 cm³/mol. The van der Waals surface area contributed by atoms with E-state index in [1.165, 1.54) is 40.7 Å². The molecule has 9 heteroatoms. The molecule has 0 saturated carbocycles. The van der Waals surface area contributed by atoms with E-state index in [9.17, 15) is 17.6 Å². The number of sulfonamides is 1. The summed E-state index contributed by atoms with van der Waals surface area (Å²) in [5.74, 6) is -0.374. The number of para-hydroxylation sites is 1. The number of halogens is 2. The first kappa shape index (κ1) is 24.2. The first-order valence-corrected chi connectivity index (χ1v) is 12.8. The highest BCUT2D eigenvalue weighted by Gasteiger charge is 2.27. The van der Waals surface area contributed by atoms with E-state index in [1.54, 1.807) is 24.3 Å². The number of rotatable bonds is 7. The van der Waals surface area contributed by atoms with Gasteiger partial charge in [0.05, 0.1) is 17.0 Å². The maximum atomic E-state index is 14.2. The number of nitrogens with zero attached hydrogens (tertiary/aromatic N) is 1. The van der Waals surface area contributed by atoms with Crippen molar-refractivity contribution >= 4 is 33.2 Å². The van der Waals surface area contributed by atoms with E-state index in [0.29, 0.717) is 18.8 Å². The van der Waals surface area contributed by atoms with Gasteiger partial charge < -0.3 is 10.1 Å². The van der Waals surface area contributed by atoms with Gasteiger partial charge in [0, 0.05) is 23.7 Å². The number of carbonyl (C=O) groups excluding carboxylic acids is 1. The van der Waals surface area contributed by atoms with Crippen LogP contribution in [-0.2, 0) is 21.2 Å². The first-order chi connectivity index (χ1) is 16.3. The van der Waals surface area contributed by atoms with Crippen LogP contribution in [-0.4, -0.2) is 31.7 Å². The Morgan fingerprint density at radius 1 is 1.00 bits per heavy atom. The van der Waals surface area contributed by atoms with Crippen molar-refractivity contribution in [1.82, 2.24) is 4.31 Å². The largest absolute Gasteiger partial charge is 0.455 e. The van der Waals surface area contributed by atoms with E-state index in [1.807, 2.05) is 6.07 Å². The van der Waals surface area contributed by atoms with Crippen molar-refractivity contribution in [3.8, 4) is 11.5 Å². The van der Waals surface area contributed by atoms with Crippen LogP contribution in [0.2, 0.25) is 5.02 Å². The molecular formula is C25H24ClFN2O4S. The second-order valence-electron chi connectivity index (χ2n) is 7.96. The summed E-state index contributed by atoms with van der Waals surface area (Å²) in [5, 5.41) is 2.81. The fourth-order valence-electron chi connectivity index (χ4n) is 3.78. The van der Waals surface area contributed by atoms with Crippen molar-refractivity contribution in [1.29, 1.82) is 0 Å². The highest BCUT2D eigenvalue weighted by molar-refractivity contribution is 7.89. The molecule has 6 nitrogen and oxygen atoms in total. The van der Waals surface area contributed by atoms with Crippen molar-refractivity contribution in [2.24, 2.45) is 0 Å². The van der Waals surface area contributed by atoms with Gasteiger partial charge in [-0.3, -0.25) is 4.79 Å². The Morgan fingerprint density at radius 2 is 1.74 bits per heavy atom. The Hall–Kier alpha value is -2.94. The number of piperidine rings is 1. The molecule has 3 aromatic carbocycles. The zero-order chi connectivity index (χ0) is 24.1. The number of hydrogen-bond acceptors (Lipinski definition) is 4. The lowest BCUT2D eigenvalue weighted by molar-refractivity contribution is -0.115. The molecule has 178 valence electrons. The van der Waals surface area contributed by atoms with Gasteiger partial charge in [-0.15, -0.1) is 0 Å². The monoisotopic (exact) mass is 502 g/mol. The minimum Gasteiger partial charge on any atom is -0.455 e. The van der Waals surface area contributed by atoms with Crippen LogP contribution in [0.5, 0.6) is 11.5 Å². The van der Waals surface area contributed by atoms with Gasteiger partial charge in [0.25, 0.3) is 0 Å². The Bertz CT molecular complexity index is 1260. The number of nitrogens with one attached hydrogen (secondary N) is 1. The molecule has 1 fully saturated rings. The Labute approximate surface area is 203 Å². The van der Waals surface area contributed by atoms with Crippen molar-refractivity contribution in [2.75, 3.05) is 18.4 Å². The van der Waals surface area contributed by atoms with Gasteiger partial charge in [0.1, 0.15) is 11.6 Å². The van der Waals surface area contributed by atoms with Crippen LogP contribution < -0.4 is 10.1 Å². The molecule has 0 bridgehead atoms. The number of benzene rings is 3. The van der Waals surface area contributed by atoms with E-state index >= 15 is 0 Å². The second-order valence-corrected chi connectivity index (χ2v) is 10.3. The summed E-state index contributed by atoms with van der Waals surface area (Å²) < 4.78 is 47.9. The predicted octanol–water partition coefficient (Wildman–Crippen LogP) is 5.63. The molecule has 0 aliphatic carbocycles. The quantitative estimate of drug-likeness (QED) is 0.454. The molecule has 0 radical (unpaired) electrons. The van der Waals surface area contributed by atoms with Crippen molar-refractivity contribution in [2.45, 2.75) is 30.6 Å². The van der Waals surface area contributed by atoms with Gasteiger partial charge >= 0.3 is 0 Å². The highest BCUT2D eigenvalue weighted by atomic mass is 35.5. The number of carbonyl (C=O) groups is 1. The SMILES string of the molecule is O=C(Cc1c(F)cccc1Cl)Nc1cc(S(=O)(=O)N2CCCCC2)ccc1Oc1ccccc1. The number of amides is 1. The number of anilines is 1. The third-order valence-electron chi connectivity index (χ3n) is 5.55. The van der Waals surface area contributed by atoms with Gasteiger partial charge in [-0.05, 0) is 55.3 Å². The normalized spacial score (nSPS) is 14.5. The van der Waals surface area contributed by atoms with E-state index in [4.69, 9.17) is 16.3 Å². The summed E-state index contributed by atoms with van der Waals surface area (Å²) >= 11 is 6.06. The third kappa shape index (κ3) is 5.58. The standard InChI is InChI=1S/C25H24ClFN2O4S/c26-21-10-7-11-22(27)20(21)17-25(30)28-23-16-19(34(31,32)29-14-5-2-6-15-29)12-13-24(23)33-18-8-3-1-4-9-18/h1,3-4,7-13,16H,2,5-6,14-15,17H2,(H,28,30). The van der Waals surface area contributed by atoms with Crippen LogP contribution in [0.15, 0.2) is 71.6 Å². The van der Waals surface area contributed by atoms with Crippen LogP contribution in [0, 0.1) is 5.82 Å². The summed E-state index contributed by atoms with van der Waals surface area (Å²) in [6.45, 7) is 0.913. The smallest absolute Gasteiger partial charge is 0.243 e. The van der Waals surface area contributed by atoms with E-state index in [-0.39, 0.29) is 33.3 Å². The third-order valence-corrected chi connectivity index (χ3v) is 7.80. The van der Waals surface area contributed by atoms with Crippen LogP contribution in [0.4, 0.5) is 10.1 Å². The average molecular weight is 503 g/mol. The first-order valence-electron chi connectivity index (χ1n) is 10.9. The zero-order valence-electron chi connectivity index (χ0n) is 18.3. The minimum absolute atomic E-state index is 0.0500. The van der Waals surface area contributed by atoms with Crippen molar-refractivity contribution in [3.63, 3.8) is 0 Å². The molecule has 1 amide bonds. The van der Waals surface area contributed by atoms with Gasteiger partial charge in [0.15, 0.2) is 5.75 Å². The second kappa shape index (κ2) is 10.5. The average Bonchev–Trinajstić information content (AvgIpc) is 2.84. The highest BCUT2D eigenvalue weighted by Crippen LogP contribution is 2.33. The molecule has 0 atom stereocenters. The maximum Gasteiger partial charge on any atom is 0.243 e. The zero-order valence-corrected chi connectivity index (χ0v) is 19.9. The molecule has 4 rings (SSSR count). The molecule has 1 aliphatic rings. The summed E-state index contributed by atoms with van der Waals surface area (Å²) in [4.78, 5) is 12.9. The minimum atomic E-state index is -3.74. The summed E-state index contributed by atoms with van der Waals surface area (Å²) in [5.41, 5.74) is 0.226. The summed E-state index contributed by atoms with van der Waals surface area (Å²) in [6.07, 6.45) is 2.29. The molecule has 34 heavy (non-hydrogen) atoms.